The summed E-state index contributed by atoms with van der Waals surface area (Å²) in [7, 11) is 0. The zero-order valence-corrected chi connectivity index (χ0v) is 14.1. The fourth-order valence-electron chi connectivity index (χ4n) is 2.47. The maximum Gasteiger partial charge on any atom is 0.253 e. The van der Waals surface area contributed by atoms with Crippen LogP contribution in [0.3, 0.4) is 0 Å². The van der Waals surface area contributed by atoms with Crippen LogP contribution in [0, 0.1) is 0 Å². The van der Waals surface area contributed by atoms with Crippen LogP contribution >= 0.6 is 23.2 Å². The van der Waals surface area contributed by atoms with Gasteiger partial charge in [0.2, 0.25) is 5.91 Å². The average Bonchev–Trinajstić information content (AvgIpc) is 2.69. The van der Waals surface area contributed by atoms with Gasteiger partial charge in [-0.2, -0.15) is 0 Å². The minimum absolute atomic E-state index is 0.0464. The zero-order chi connectivity index (χ0) is 17.1. The molecule has 2 aromatic rings. The highest BCUT2D eigenvalue weighted by molar-refractivity contribution is 6.35. The molecule has 0 atom stereocenters. The number of carbonyl (C=O) groups excluding carboxylic acids is 2. The summed E-state index contributed by atoms with van der Waals surface area (Å²) in [5.41, 5.74) is 1.04. The lowest BCUT2D eigenvalue weighted by Crippen LogP contribution is -2.38. The average molecular weight is 365 g/mol. The number of hydrogen-bond acceptors (Lipinski definition) is 3. The predicted octanol–water partition coefficient (Wildman–Crippen LogP) is 3.15. The SMILES string of the molecule is O=C1NCC(=O)N(CCOc2ccc(Cl)cc2Cl)c2ccccc21. The highest BCUT2D eigenvalue weighted by atomic mass is 35.5. The molecular weight excluding hydrogens is 351 g/mol. The molecule has 3 rings (SSSR count). The predicted molar refractivity (Wildman–Crippen MR) is 93.1 cm³/mol. The summed E-state index contributed by atoms with van der Waals surface area (Å²) in [5, 5.41) is 3.52. The summed E-state index contributed by atoms with van der Waals surface area (Å²) in [6, 6.07) is 11.9. The first kappa shape index (κ1) is 16.6. The number of anilines is 1. The van der Waals surface area contributed by atoms with Crippen molar-refractivity contribution in [1.82, 2.24) is 5.32 Å². The van der Waals surface area contributed by atoms with E-state index in [0.29, 0.717) is 33.6 Å². The number of amides is 2. The number of rotatable bonds is 4. The van der Waals surface area contributed by atoms with Gasteiger partial charge < -0.3 is 15.0 Å². The van der Waals surface area contributed by atoms with Crippen molar-refractivity contribution in [3.63, 3.8) is 0 Å². The van der Waals surface area contributed by atoms with Crippen molar-refractivity contribution in [2.45, 2.75) is 0 Å². The second-order valence-electron chi connectivity index (χ2n) is 5.17. The largest absolute Gasteiger partial charge is 0.490 e. The maximum absolute atomic E-state index is 12.3. The summed E-state index contributed by atoms with van der Waals surface area (Å²) < 4.78 is 5.64. The molecule has 0 spiro atoms. The fourth-order valence-corrected chi connectivity index (χ4v) is 2.93. The van der Waals surface area contributed by atoms with Crippen molar-refractivity contribution in [2.24, 2.45) is 0 Å². The minimum atomic E-state index is -0.261. The maximum atomic E-state index is 12.3. The van der Waals surface area contributed by atoms with Crippen molar-refractivity contribution >= 4 is 40.7 Å². The number of nitrogens with zero attached hydrogens (tertiary/aromatic N) is 1. The van der Waals surface area contributed by atoms with E-state index in [1.807, 2.05) is 0 Å². The van der Waals surface area contributed by atoms with Crippen LogP contribution in [0.2, 0.25) is 10.0 Å². The molecule has 24 heavy (non-hydrogen) atoms. The van der Waals surface area contributed by atoms with Crippen molar-refractivity contribution in [3.05, 3.63) is 58.1 Å². The lowest BCUT2D eigenvalue weighted by atomic mass is 10.1. The Bertz CT molecular complexity index is 795. The van der Waals surface area contributed by atoms with Gasteiger partial charge in [-0.3, -0.25) is 9.59 Å². The van der Waals surface area contributed by atoms with Crippen molar-refractivity contribution in [3.8, 4) is 5.75 Å². The van der Waals surface area contributed by atoms with Crippen LogP contribution in [0.5, 0.6) is 5.75 Å². The van der Waals surface area contributed by atoms with Crippen LogP contribution in [0.4, 0.5) is 5.69 Å². The summed E-state index contributed by atoms with van der Waals surface area (Å²) in [5.74, 6) is 0.0352. The summed E-state index contributed by atoms with van der Waals surface area (Å²) in [6.45, 7) is 0.481. The highest BCUT2D eigenvalue weighted by Gasteiger charge is 2.25. The van der Waals surface area contributed by atoms with Crippen LogP contribution in [0.25, 0.3) is 0 Å². The van der Waals surface area contributed by atoms with Gasteiger partial charge in [-0.05, 0) is 30.3 Å². The van der Waals surface area contributed by atoms with Crippen LogP contribution in [-0.2, 0) is 4.79 Å². The van der Waals surface area contributed by atoms with Gasteiger partial charge in [0, 0.05) is 5.02 Å². The van der Waals surface area contributed by atoms with E-state index >= 15 is 0 Å². The van der Waals surface area contributed by atoms with Crippen LogP contribution in [0.15, 0.2) is 42.5 Å². The standard InChI is InChI=1S/C17H14Cl2N2O3/c18-11-5-6-15(13(19)9-11)24-8-7-21-14-4-2-1-3-12(14)17(23)20-10-16(21)22/h1-6,9H,7-8,10H2,(H,20,23). The van der Waals surface area contributed by atoms with E-state index in [9.17, 15) is 9.59 Å². The van der Waals surface area contributed by atoms with E-state index in [0.717, 1.165) is 0 Å². The smallest absolute Gasteiger partial charge is 0.253 e. The van der Waals surface area contributed by atoms with Gasteiger partial charge in [-0.1, -0.05) is 35.3 Å². The normalized spacial score (nSPS) is 14.0. The summed E-state index contributed by atoms with van der Waals surface area (Å²) in [6.07, 6.45) is 0. The van der Waals surface area contributed by atoms with Crippen molar-refractivity contribution < 1.29 is 14.3 Å². The molecule has 2 amide bonds. The Labute approximate surface area is 149 Å². The number of hydrogen-bond donors (Lipinski definition) is 1. The van der Waals surface area contributed by atoms with Crippen molar-refractivity contribution in [2.75, 3.05) is 24.6 Å². The molecule has 1 N–H and O–H groups in total. The van der Waals surface area contributed by atoms with E-state index < -0.39 is 0 Å². The van der Waals surface area contributed by atoms with Gasteiger partial charge in [-0.15, -0.1) is 0 Å². The first-order valence-corrected chi connectivity index (χ1v) is 8.07. The van der Waals surface area contributed by atoms with Gasteiger partial charge in [0.1, 0.15) is 12.4 Å². The summed E-state index contributed by atoms with van der Waals surface area (Å²) in [4.78, 5) is 25.8. The summed E-state index contributed by atoms with van der Waals surface area (Å²) >= 11 is 11.9. The topological polar surface area (TPSA) is 58.6 Å². The van der Waals surface area contributed by atoms with Gasteiger partial charge in [0.25, 0.3) is 5.91 Å². The van der Waals surface area contributed by atoms with E-state index in [-0.39, 0.29) is 25.0 Å². The highest BCUT2D eigenvalue weighted by Crippen LogP contribution is 2.28. The molecule has 1 aliphatic rings. The quantitative estimate of drug-likeness (QED) is 0.906. The molecule has 0 unspecified atom stereocenters. The second kappa shape index (κ2) is 7.11. The molecular formula is C17H14Cl2N2O3. The molecule has 0 radical (unpaired) electrons. The Morgan fingerprint density at radius 1 is 1.12 bits per heavy atom. The number of carbonyl (C=O) groups is 2. The Morgan fingerprint density at radius 2 is 1.92 bits per heavy atom. The van der Waals surface area contributed by atoms with Gasteiger partial charge in [0.15, 0.2) is 0 Å². The molecule has 0 aliphatic carbocycles. The first-order chi connectivity index (χ1) is 11.6. The molecule has 0 saturated heterocycles. The third-order valence-electron chi connectivity index (χ3n) is 3.61. The monoisotopic (exact) mass is 364 g/mol. The van der Waals surface area contributed by atoms with Gasteiger partial charge in [-0.25, -0.2) is 0 Å². The van der Waals surface area contributed by atoms with Crippen LogP contribution < -0.4 is 15.0 Å². The number of fused-ring (bicyclic) bond motifs is 1. The molecule has 1 aliphatic heterocycles. The molecule has 2 aromatic carbocycles. The number of halogens is 2. The van der Waals surface area contributed by atoms with Crippen molar-refractivity contribution in [1.29, 1.82) is 0 Å². The molecule has 0 saturated carbocycles. The second-order valence-corrected chi connectivity index (χ2v) is 6.01. The number of nitrogens with one attached hydrogen (secondary N) is 1. The molecule has 5 nitrogen and oxygen atoms in total. The first-order valence-electron chi connectivity index (χ1n) is 7.31. The third-order valence-corrected chi connectivity index (χ3v) is 4.14. The molecule has 1 heterocycles. The Balaban J connectivity index is 1.75. The fraction of sp³-hybridized carbons (Fsp3) is 0.176. The molecule has 0 bridgehead atoms. The van der Waals surface area contributed by atoms with Gasteiger partial charge in [0.05, 0.1) is 29.4 Å². The Hall–Kier alpha value is -2.24. The van der Waals surface area contributed by atoms with E-state index in [2.05, 4.69) is 5.32 Å². The van der Waals surface area contributed by atoms with E-state index in [1.54, 1.807) is 42.5 Å². The third kappa shape index (κ3) is 3.47. The van der Waals surface area contributed by atoms with Crippen LogP contribution in [-0.4, -0.2) is 31.5 Å². The lowest BCUT2D eigenvalue weighted by molar-refractivity contribution is -0.117. The Kier molecular flexibility index (Phi) is 4.92. The zero-order valence-electron chi connectivity index (χ0n) is 12.6. The lowest BCUT2D eigenvalue weighted by Gasteiger charge is -2.22. The molecule has 0 fully saturated rings. The van der Waals surface area contributed by atoms with E-state index in [4.69, 9.17) is 27.9 Å². The number of ether oxygens (including phenoxy) is 1. The molecule has 0 aromatic heterocycles. The number of para-hydroxylation sites is 1. The Morgan fingerprint density at radius 3 is 2.71 bits per heavy atom. The number of benzene rings is 2. The molecule has 7 heteroatoms. The molecule has 124 valence electrons. The van der Waals surface area contributed by atoms with E-state index in [1.165, 1.54) is 4.90 Å². The van der Waals surface area contributed by atoms with Gasteiger partial charge >= 0.3 is 0 Å². The van der Waals surface area contributed by atoms with Crippen LogP contribution in [0.1, 0.15) is 10.4 Å². The minimum Gasteiger partial charge on any atom is -0.490 e.